The number of carbonyl (C=O) groups excluding carboxylic acids is 2. The van der Waals surface area contributed by atoms with E-state index in [1.165, 1.54) is 24.8 Å². The van der Waals surface area contributed by atoms with E-state index in [9.17, 15) is 9.59 Å². The lowest BCUT2D eigenvalue weighted by Crippen LogP contribution is -2.35. The van der Waals surface area contributed by atoms with E-state index in [0.29, 0.717) is 22.9 Å². The highest BCUT2D eigenvalue weighted by Crippen LogP contribution is 2.30. The fourth-order valence-corrected chi connectivity index (χ4v) is 4.42. The van der Waals surface area contributed by atoms with Crippen LogP contribution in [-0.2, 0) is 6.42 Å². The van der Waals surface area contributed by atoms with Gasteiger partial charge in [-0.1, -0.05) is 38.8 Å². The fourth-order valence-electron chi connectivity index (χ4n) is 4.42. The van der Waals surface area contributed by atoms with Crippen LogP contribution in [0.4, 0.5) is 11.4 Å². The van der Waals surface area contributed by atoms with Crippen molar-refractivity contribution in [3.8, 4) is 0 Å². The number of hydrogen-bond acceptors (Lipinski definition) is 3. The number of amides is 2. The molecule has 1 saturated heterocycles. The summed E-state index contributed by atoms with van der Waals surface area (Å²) in [7, 11) is 0. The molecule has 1 saturated carbocycles. The molecule has 1 heterocycles. The number of piperidine rings is 1. The number of nitrogens with one attached hydrogen (secondary N) is 2. The summed E-state index contributed by atoms with van der Waals surface area (Å²) in [4.78, 5) is 28.2. The van der Waals surface area contributed by atoms with Crippen LogP contribution in [0.3, 0.4) is 0 Å². The molecular formula is C28H37N3O2. The summed E-state index contributed by atoms with van der Waals surface area (Å²) in [5.74, 6) is 0.531. The van der Waals surface area contributed by atoms with Gasteiger partial charge in [-0.25, -0.2) is 0 Å². The van der Waals surface area contributed by atoms with Gasteiger partial charge in [0.05, 0.1) is 5.56 Å². The SMILES string of the molecule is CCCCCc1ccc(C(=O)Nc2ccc(N3CCC(C)CC3)c(C(=O)NC3CC3)c2)cc1. The second-order valence-electron chi connectivity index (χ2n) is 9.76. The Hall–Kier alpha value is -2.82. The van der Waals surface area contributed by atoms with Crippen molar-refractivity contribution in [2.75, 3.05) is 23.3 Å². The zero-order valence-electron chi connectivity index (χ0n) is 20.0. The molecule has 0 unspecified atom stereocenters. The Morgan fingerprint density at radius 1 is 0.939 bits per heavy atom. The summed E-state index contributed by atoms with van der Waals surface area (Å²) in [6, 6.07) is 13.9. The van der Waals surface area contributed by atoms with E-state index in [-0.39, 0.29) is 11.8 Å². The van der Waals surface area contributed by atoms with Crippen molar-refractivity contribution in [3.63, 3.8) is 0 Å². The highest BCUT2D eigenvalue weighted by atomic mass is 16.2. The maximum absolute atomic E-state index is 13.0. The summed E-state index contributed by atoms with van der Waals surface area (Å²) in [6.45, 7) is 6.41. The van der Waals surface area contributed by atoms with E-state index in [4.69, 9.17) is 0 Å². The molecule has 2 amide bonds. The Morgan fingerprint density at radius 3 is 2.33 bits per heavy atom. The topological polar surface area (TPSA) is 61.4 Å². The summed E-state index contributed by atoms with van der Waals surface area (Å²) >= 11 is 0. The number of aryl methyl sites for hydroxylation is 1. The lowest BCUT2D eigenvalue weighted by atomic mass is 9.97. The average Bonchev–Trinajstić information content (AvgIpc) is 3.64. The van der Waals surface area contributed by atoms with E-state index in [2.05, 4.69) is 29.4 Å². The van der Waals surface area contributed by atoms with E-state index in [1.807, 2.05) is 42.5 Å². The van der Waals surface area contributed by atoms with Crippen molar-refractivity contribution in [3.05, 3.63) is 59.2 Å². The molecule has 0 bridgehead atoms. The highest BCUT2D eigenvalue weighted by molar-refractivity contribution is 6.06. The van der Waals surface area contributed by atoms with Crippen molar-refractivity contribution in [2.45, 2.75) is 71.3 Å². The first-order valence-corrected chi connectivity index (χ1v) is 12.6. The molecule has 2 N–H and O–H groups in total. The molecule has 5 nitrogen and oxygen atoms in total. The Labute approximate surface area is 197 Å². The van der Waals surface area contributed by atoms with Gasteiger partial charge in [0.15, 0.2) is 0 Å². The van der Waals surface area contributed by atoms with Crippen LogP contribution in [0.5, 0.6) is 0 Å². The molecule has 1 aliphatic carbocycles. The Kier molecular flexibility index (Phi) is 7.69. The highest BCUT2D eigenvalue weighted by Gasteiger charge is 2.27. The standard InChI is InChI=1S/C28H37N3O2/c1-3-4-5-6-21-7-9-22(10-8-21)27(32)30-24-13-14-26(31-17-15-20(2)16-18-31)25(19-24)28(33)29-23-11-12-23/h7-10,13-14,19-20,23H,3-6,11-12,15-18H2,1-2H3,(H,29,33)(H,30,32). The zero-order valence-corrected chi connectivity index (χ0v) is 20.0. The van der Waals surface area contributed by atoms with Crippen LogP contribution < -0.4 is 15.5 Å². The van der Waals surface area contributed by atoms with Gasteiger partial charge in [0.2, 0.25) is 0 Å². The molecule has 5 heteroatoms. The Bertz CT molecular complexity index is 958. The van der Waals surface area contributed by atoms with E-state index >= 15 is 0 Å². The molecule has 33 heavy (non-hydrogen) atoms. The van der Waals surface area contributed by atoms with Crippen LogP contribution in [0.25, 0.3) is 0 Å². The van der Waals surface area contributed by atoms with Gasteiger partial charge in [-0.05, 0) is 80.3 Å². The van der Waals surface area contributed by atoms with Crippen LogP contribution >= 0.6 is 0 Å². The number of hydrogen-bond donors (Lipinski definition) is 2. The molecule has 0 spiro atoms. The van der Waals surface area contributed by atoms with E-state index < -0.39 is 0 Å². The molecule has 1 aliphatic heterocycles. The van der Waals surface area contributed by atoms with E-state index in [1.54, 1.807) is 0 Å². The van der Waals surface area contributed by atoms with Crippen LogP contribution in [0, 0.1) is 5.92 Å². The third-order valence-electron chi connectivity index (χ3n) is 6.82. The van der Waals surface area contributed by atoms with Gasteiger partial charge in [-0.2, -0.15) is 0 Å². The quantitative estimate of drug-likeness (QED) is 0.478. The van der Waals surface area contributed by atoms with Gasteiger partial charge in [0, 0.05) is 36.1 Å². The summed E-state index contributed by atoms with van der Waals surface area (Å²) < 4.78 is 0. The molecule has 4 rings (SSSR count). The Morgan fingerprint density at radius 2 is 1.67 bits per heavy atom. The maximum Gasteiger partial charge on any atom is 0.255 e. The lowest BCUT2D eigenvalue weighted by molar-refractivity contribution is 0.0950. The van der Waals surface area contributed by atoms with Crippen molar-refractivity contribution in [1.82, 2.24) is 5.32 Å². The van der Waals surface area contributed by atoms with Gasteiger partial charge < -0.3 is 15.5 Å². The van der Waals surface area contributed by atoms with Gasteiger partial charge >= 0.3 is 0 Å². The van der Waals surface area contributed by atoms with E-state index in [0.717, 1.165) is 56.8 Å². The van der Waals surface area contributed by atoms with Gasteiger partial charge in [-0.15, -0.1) is 0 Å². The number of benzene rings is 2. The number of rotatable bonds is 9. The largest absolute Gasteiger partial charge is 0.371 e. The number of unbranched alkanes of at least 4 members (excludes halogenated alkanes) is 2. The summed E-state index contributed by atoms with van der Waals surface area (Å²) in [6.07, 6.45) is 9.03. The molecule has 0 atom stereocenters. The summed E-state index contributed by atoms with van der Waals surface area (Å²) in [5.41, 5.74) is 4.17. The van der Waals surface area contributed by atoms with Crippen LogP contribution in [0.2, 0.25) is 0 Å². The Balaban J connectivity index is 1.47. The molecular weight excluding hydrogens is 410 g/mol. The van der Waals surface area contributed by atoms with Gasteiger partial charge in [0.25, 0.3) is 11.8 Å². The third kappa shape index (κ3) is 6.37. The predicted octanol–water partition coefficient (Wildman–Crippen LogP) is 5.80. The minimum absolute atomic E-state index is 0.0429. The second kappa shape index (κ2) is 10.9. The second-order valence-corrected chi connectivity index (χ2v) is 9.76. The van der Waals surface area contributed by atoms with Crippen molar-refractivity contribution in [1.29, 1.82) is 0 Å². The van der Waals surface area contributed by atoms with Crippen LogP contribution in [-0.4, -0.2) is 30.9 Å². The molecule has 2 aromatic carbocycles. The first-order chi connectivity index (χ1) is 16.0. The normalized spacial score (nSPS) is 16.5. The average molecular weight is 448 g/mol. The predicted molar refractivity (Wildman–Crippen MR) is 135 cm³/mol. The van der Waals surface area contributed by atoms with Crippen molar-refractivity contribution in [2.24, 2.45) is 5.92 Å². The van der Waals surface area contributed by atoms with Gasteiger partial charge in [-0.3, -0.25) is 9.59 Å². The summed E-state index contributed by atoms with van der Waals surface area (Å²) in [5, 5.41) is 6.11. The smallest absolute Gasteiger partial charge is 0.255 e. The van der Waals surface area contributed by atoms with Gasteiger partial charge in [0.1, 0.15) is 0 Å². The fraction of sp³-hybridized carbons (Fsp3) is 0.500. The monoisotopic (exact) mass is 447 g/mol. The molecule has 2 aliphatic rings. The first-order valence-electron chi connectivity index (χ1n) is 12.6. The lowest BCUT2D eigenvalue weighted by Gasteiger charge is -2.33. The minimum Gasteiger partial charge on any atom is -0.371 e. The van der Waals surface area contributed by atoms with Crippen LogP contribution in [0.1, 0.15) is 85.1 Å². The zero-order chi connectivity index (χ0) is 23.2. The first kappa shape index (κ1) is 23.3. The molecule has 2 fully saturated rings. The van der Waals surface area contributed by atoms with Crippen molar-refractivity contribution >= 4 is 23.2 Å². The maximum atomic E-state index is 13.0. The third-order valence-corrected chi connectivity index (χ3v) is 6.82. The number of carbonyl (C=O) groups is 2. The molecule has 0 aromatic heterocycles. The minimum atomic E-state index is -0.150. The molecule has 176 valence electrons. The number of nitrogens with zero attached hydrogens (tertiary/aromatic N) is 1. The van der Waals surface area contributed by atoms with Crippen molar-refractivity contribution < 1.29 is 9.59 Å². The molecule has 0 radical (unpaired) electrons. The molecule has 2 aromatic rings. The van der Waals surface area contributed by atoms with Crippen LogP contribution in [0.15, 0.2) is 42.5 Å². The number of anilines is 2.